The number of hydrogen-bond acceptors (Lipinski definition) is 2. The Kier molecular flexibility index (Phi) is 4.75. The maximum Gasteiger partial charge on any atom is 0.226 e. The molecule has 1 saturated carbocycles. The van der Waals surface area contributed by atoms with E-state index in [0.717, 1.165) is 25.8 Å². The maximum atomic E-state index is 13.0. The largest absolute Gasteiger partial charge is 0.332 e. The second kappa shape index (κ2) is 5.98. The number of ketones is 1. The topological polar surface area (TPSA) is 37.4 Å². The van der Waals surface area contributed by atoms with Gasteiger partial charge in [-0.05, 0) is 55.8 Å². The molecule has 2 rings (SSSR count). The molecular formula is C19H33NO2. The highest BCUT2D eigenvalue weighted by Crippen LogP contribution is 2.42. The van der Waals surface area contributed by atoms with Gasteiger partial charge < -0.3 is 4.90 Å². The van der Waals surface area contributed by atoms with Crippen molar-refractivity contribution in [3.8, 4) is 0 Å². The minimum atomic E-state index is -0.204. The molecule has 0 radical (unpaired) electrons. The number of carbonyl (C=O) groups excluding carboxylic acids is 2. The first kappa shape index (κ1) is 17.5. The van der Waals surface area contributed by atoms with Crippen LogP contribution in [-0.2, 0) is 9.59 Å². The van der Waals surface area contributed by atoms with Crippen LogP contribution in [0.15, 0.2) is 0 Å². The Bertz CT molecular complexity index is 442. The summed E-state index contributed by atoms with van der Waals surface area (Å²) < 4.78 is 0. The second-order valence-electron chi connectivity index (χ2n) is 9.25. The number of hydrogen-bond donors (Lipinski definition) is 0. The summed E-state index contributed by atoms with van der Waals surface area (Å²) in [6.45, 7) is 13.4. The van der Waals surface area contributed by atoms with Crippen LogP contribution in [-0.4, -0.2) is 29.2 Å². The smallest absolute Gasteiger partial charge is 0.226 e. The van der Waals surface area contributed by atoms with Crippen LogP contribution in [0.1, 0.15) is 73.6 Å². The average Bonchev–Trinajstić information content (AvgIpc) is 2.73. The molecule has 126 valence electrons. The minimum absolute atomic E-state index is 0.0480. The Morgan fingerprint density at radius 1 is 1.05 bits per heavy atom. The SMILES string of the molecule is CC(=O)[C@@H]1CC(C)(C)CN1C(=O)[C@@H](C)C1CCC(C)(C)CC1. The van der Waals surface area contributed by atoms with Gasteiger partial charge in [0.2, 0.25) is 5.91 Å². The number of nitrogens with zero attached hydrogens (tertiary/aromatic N) is 1. The Hall–Kier alpha value is -0.860. The van der Waals surface area contributed by atoms with Crippen molar-refractivity contribution < 1.29 is 9.59 Å². The highest BCUT2D eigenvalue weighted by atomic mass is 16.2. The maximum absolute atomic E-state index is 13.0. The van der Waals surface area contributed by atoms with Crippen LogP contribution in [0.3, 0.4) is 0 Å². The molecule has 1 heterocycles. The first-order valence-electron chi connectivity index (χ1n) is 8.83. The van der Waals surface area contributed by atoms with Crippen molar-refractivity contribution in [1.29, 1.82) is 0 Å². The molecule has 1 aliphatic carbocycles. The molecule has 0 aromatic rings. The fourth-order valence-corrected chi connectivity index (χ4v) is 4.25. The lowest BCUT2D eigenvalue weighted by atomic mass is 9.69. The predicted molar refractivity (Wildman–Crippen MR) is 89.5 cm³/mol. The number of rotatable bonds is 3. The summed E-state index contributed by atoms with van der Waals surface area (Å²) in [5.41, 5.74) is 0.483. The van der Waals surface area contributed by atoms with Gasteiger partial charge in [0.25, 0.3) is 0 Å². The van der Waals surface area contributed by atoms with Crippen LogP contribution in [0.25, 0.3) is 0 Å². The van der Waals surface area contributed by atoms with Crippen molar-refractivity contribution in [1.82, 2.24) is 4.90 Å². The lowest BCUT2D eigenvalue weighted by Gasteiger charge is -2.38. The van der Waals surface area contributed by atoms with Crippen molar-refractivity contribution in [2.24, 2.45) is 22.7 Å². The average molecular weight is 307 g/mol. The zero-order valence-electron chi connectivity index (χ0n) is 15.2. The molecule has 1 saturated heterocycles. The number of carbonyl (C=O) groups is 2. The molecule has 2 atom stereocenters. The first-order valence-corrected chi connectivity index (χ1v) is 8.83. The summed E-state index contributed by atoms with van der Waals surface area (Å²) in [5, 5.41) is 0. The summed E-state index contributed by atoms with van der Waals surface area (Å²) in [6.07, 6.45) is 5.50. The molecule has 0 bridgehead atoms. The van der Waals surface area contributed by atoms with Crippen LogP contribution in [0.2, 0.25) is 0 Å². The molecule has 0 spiro atoms. The third kappa shape index (κ3) is 3.72. The molecule has 0 aromatic carbocycles. The fourth-order valence-electron chi connectivity index (χ4n) is 4.25. The van der Waals surface area contributed by atoms with Gasteiger partial charge in [0.15, 0.2) is 5.78 Å². The highest BCUT2D eigenvalue weighted by Gasteiger charge is 2.44. The van der Waals surface area contributed by atoms with Crippen molar-refractivity contribution in [2.45, 2.75) is 79.7 Å². The number of Topliss-reactive ketones (excluding diaryl/α,β-unsaturated/α-hetero) is 1. The molecule has 0 aromatic heterocycles. The molecule has 3 nitrogen and oxygen atoms in total. The number of amides is 1. The second-order valence-corrected chi connectivity index (χ2v) is 9.25. The normalized spacial score (nSPS) is 29.4. The van der Waals surface area contributed by atoms with Crippen molar-refractivity contribution in [2.75, 3.05) is 6.54 Å². The summed E-state index contributed by atoms with van der Waals surface area (Å²) in [6, 6.07) is -0.204. The van der Waals surface area contributed by atoms with Gasteiger partial charge in [0.05, 0.1) is 6.04 Å². The Labute approximate surface area is 135 Å². The van der Waals surface area contributed by atoms with E-state index in [9.17, 15) is 9.59 Å². The quantitative estimate of drug-likeness (QED) is 0.788. The first-order chi connectivity index (χ1) is 10.0. The zero-order valence-corrected chi connectivity index (χ0v) is 15.2. The van der Waals surface area contributed by atoms with Gasteiger partial charge in [-0.3, -0.25) is 9.59 Å². The molecule has 3 heteroatoms. The molecule has 0 N–H and O–H groups in total. The Balaban J connectivity index is 2.05. The van der Waals surface area contributed by atoms with Gasteiger partial charge in [-0.2, -0.15) is 0 Å². The van der Waals surface area contributed by atoms with E-state index in [1.165, 1.54) is 12.8 Å². The monoisotopic (exact) mass is 307 g/mol. The van der Waals surface area contributed by atoms with Gasteiger partial charge in [-0.15, -0.1) is 0 Å². The van der Waals surface area contributed by atoms with Crippen molar-refractivity contribution >= 4 is 11.7 Å². The Morgan fingerprint density at radius 2 is 1.59 bits per heavy atom. The van der Waals surface area contributed by atoms with E-state index in [0.29, 0.717) is 11.3 Å². The van der Waals surface area contributed by atoms with E-state index in [1.807, 2.05) is 4.90 Å². The standard InChI is InChI=1S/C19H33NO2/c1-13(15-7-9-18(3,4)10-8-15)17(22)20-12-19(5,6)11-16(20)14(2)21/h13,15-16H,7-12H2,1-6H3/t13-,16-/m0/s1. The van der Waals surface area contributed by atoms with E-state index in [2.05, 4.69) is 34.6 Å². The van der Waals surface area contributed by atoms with Gasteiger partial charge in [0, 0.05) is 12.5 Å². The van der Waals surface area contributed by atoms with Crippen LogP contribution in [0, 0.1) is 22.7 Å². The molecule has 1 aliphatic heterocycles. The summed E-state index contributed by atoms with van der Waals surface area (Å²) >= 11 is 0. The highest BCUT2D eigenvalue weighted by molar-refractivity contribution is 5.89. The lowest BCUT2D eigenvalue weighted by Crippen LogP contribution is -2.44. The molecule has 0 unspecified atom stereocenters. The van der Waals surface area contributed by atoms with Gasteiger partial charge in [0.1, 0.15) is 0 Å². The minimum Gasteiger partial charge on any atom is -0.332 e. The van der Waals surface area contributed by atoms with E-state index >= 15 is 0 Å². The summed E-state index contributed by atoms with van der Waals surface area (Å²) in [7, 11) is 0. The molecule has 1 amide bonds. The van der Waals surface area contributed by atoms with Crippen molar-refractivity contribution in [3.05, 3.63) is 0 Å². The zero-order chi connectivity index (χ0) is 16.7. The molecule has 2 fully saturated rings. The van der Waals surface area contributed by atoms with Gasteiger partial charge in [-0.25, -0.2) is 0 Å². The van der Waals surface area contributed by atoms with Gasteiger partial charge >= 0.3 is 0 Å². The van der Waals surface area contributed by atoms with E-state index in [-0.39, 0.29) is 29.1 Å². The van der Waals surface area contributed by atoms with Crippen LogP contribution in [0.4, 0.5) is 0 Å². The van der Waals surface area contributed by atoms with Crippen molar-refractivity contribution in [3.63, 3.8) is 0 Å². The summed E-state index contributed by atoms with van der Waals surface area (Å²) in [5.74, 6) is 0.870. The van der Waals surface area contributed by atoms with E-state index < -0.39 is 0 Å². The number of likely N-dealkylation sites (tertiary alicyclic amines) is 1. The Morgan fingerprint density at radius 3 is 2.09 bits per heavy atom. The molecule has 2 aliphatic rings. The third-order valence-corrected chi connectivity index (χ3v) is 5.95. The van der Waals surface area contributed by atoms with Crippen LogP contribution < -0.4 is 0 Å². The van der Waals surface area contributed by atoms with Crippen LogP contribution in [0.5, 0.6) is 0 Å². The van der Waals surface area contributed by atoms with Gasteiger partial charge in [-0.1, -0.05) is 34.6 Å². The lowest BCUT2D eigenvalue weighted by molar-refractivity contribution is -0.142. The summed E-state index contributed by atoms with van der Waals surface area (Å²) in [4.78, 5) is 26.8. The molecule has 22 heavy (non-hydrogen) atoms. The van der Waals surface area contributed by atoms with E-state index in [4.69, 9.17) is 0 Å². The fraction of sp³-hybridized carbons (Fsp3) is 0.895. The molecular weight excluding hydrogens is 274 g/mol. The van der Waals surface area contributed by atoms with E-state index in [1.54, 1.807) is 6.92 Å². The predicted octanol–water partition coefficient (Wildman–Crippen LogP) is 4.06. The van der Waals surface area contributed by atoms with Crippen LogP contribution >= 0.6 is 0 Å². The third-order valence-electron chi connectivity index (χ3n) is 5.95.